The van der Waals surface area contributed by atoms with Crippen LogP contribution in [0.3, 0.4) is 0 Å². The van der Waals surface area contributed by atoms with Crippen molar-refractivity contribution < 1.29 is 32.7 Å². The van der Waals surface area contributed by atoms with Gasteiger partial charge in [-0.05, 0) is 87.0 Å². The van der Waals surface area contributed by atoms with E-state index in [9.17, 15) is 14.9 Å². The molecule has 2 atom stereocenters. The Hall–Kier alpha value is -6.00. The molecule has 7 rings (SSSR count). The molecule has 2 unspecified atom stereocenters. The topological polar surface area (TPSA) is 131 Å². The van der Waals surface area contributed by atoms with Gasteiger partial charge in [-0.2, -0.15) is 5.26 Å². The standard InChI is InChI=1S/C57H64BN4O7P/c1-43(2)62(44(3)4)70(66-40-22-38-59)67-52(42-65-55(5,6)46-23-12-7-13-24-46)41-61-53(63)37-39-60-54(64)45-33-35-51(36-34-45)58-68-56(47-25-14-8-15-26-47,48-27-16-9-17-28-48)57(69-58,49-29-18-10-19-30-49)50-31-20-11-21-32-50/h7-21,23-36,43-44,52H,22,37,39-42H2,1-6H3,(H,60,64)(H,61,63). The lowest BCUT2D eigenvalue weighted by molar-refractivity contribution is -0.121. The van der Waals surface area contributed by atoms with Crippen molar-refractivity contribution in [3.63, 3.8) is 0 Å². The smallest absolute Gasteiger partial charge is 0.390 e. The summed E-state index contributed by atoms with van der Waals surface area (Å²) in [5, 5.41) is 15.2. The summed E-state index contributed by atoms with van der Waals surface area (Å²) in [5.41, 5.74) is 2.93. The Balaban J connectivity index is 1.05. The molecule has 1 aliphatic rings. The van der Waals surface area contributed by atoms with Gasteiger partial charge >= 0.3 is 7.12 Å². The predicted molar refractivity (Wildman–Crippen MR) is 277 cm³/mol. The quantitative estimate of drug-likeness (QED) is 0.0366. The molecule has 0 bridgehead atoms. The van der Waals surface area contributed by atoms with E-state index < -0.39 is 38.6 Å². The number of hydrogen-bond acceptors (Lipinski definition) is 9. The summed E-state index contributed by atoms with van der Waals surface area (Å²) in [7, 11) is -2.46. The number of nitriles is 1. The van der Waals surface area contributed by atoms with Gasteiger partial charge in [-0.1, -0.05) is 164 Å². The van der Waals surface area contributed by atoms with E-state index in [4.69, 9.17) is 23.1 Å². The Labute approximate surface area is 415 Å². The van der Waals surface area contributed by atoms with Crippen LogP contribution in [0.25, 0.3) is 0 Å². The molecule has 13 heteroatoms. The van der Waals surface area contributed by atoms with Crippen LogP contribution in [0.1, 0.15) is 92.6 Å². The molecular formula is C57H64BN4O7P. The predicted octanol–water partition coefficient (Wildman–Crippen LogP) is 10.2. The Morgan fingerprint density at radius 2 is 1.14 bits per heavy atom. The molecule has 0 aromatic heterocycles. The van der Waals surface area contributed by atoms with E-state index in [1.165, 1.54) is 0 Å². The Morgan fingerprint density at radius 3 is 1.59 bits per heavy atom. The van der Waals surface area contributed by atoms with Crippen LogP contribution in [0.2, 0.25) is 0 Å². The van der Waals surface area contributed by atoms with Crippen molar-refractivity contribution >= 4 is 32.9 Å². The molecular weight excluding hydrogens is 894 g/mol. The van der Waals surface area contributed by atoms with Crippen molar-refractivity contribution in [3.05, 3.63) is 209 Å². The first-order valence-electron chi connectivity index (χ1n) is 24.1. The number of benzene rings is 6. The minimum absolute atomic E-state index is 0.0380. The van der Waals surface area contributed by atoms with E-state index in [2.05, 4.69) is 97.6 Å². The number of nitrogens with zero attached hydrogens (tertiary/aromatic N) is 2. The number of carbonyl (C=O) groups is 2. The van der Waals surface area contributed by atoms with Crippen molar-refractivity contribution in [2.45, 2.75) is 89.4 Å². The first kappa shape index (κ1) is 51.8. The van der Waals surface area contributed by atoms with Gasteiger partial charge in [0, 0.05) is 37.2 Å². The van der Waals surface area contributed by atoms with Crippen molar-refractivity contribution in [2.75, 3.05) is 26.3 Å². The van der Waals surface area contributed by atoms with Crippen LogP contribution in [0.5, 0.6) is 0 Å². The maximum absolute atomic E-state index is 13.6. The lowest BCUT2D eigenvalue weighted by Crippen LogP contribution is -2.48. The molecule has 2 amide bonds. The summed E-state index contributed by atoms with van der Waals surface area (Å²) < 4.78 is 36.2. The Bertz CT molecular complexity index is 2430. The average Bonchev–Trinajstić information content (AvgIpc) is 3.76. The number of rotatable bonds is 23. The summed E-state index contributed by atoms with van der Waals surface area (Å²) in [6.45, 7) is 12.9. The second kappa shape index (κ2) is 24.2. The number of carbonyl (C=O) groups excluding carboxylic acids is 2. The van der Waals surface area contributed by atoms with Crippen molar-refractivity contribution in [3.8, 4) is 6.07 Å². The Morgan fingerprint density at radius 1 is 0.686 bits per heavy atom. The van der Waals surface area contributed by atoms with E-state index in [0.29, 0.717) is 5.56 Å². The van der Waals surface area contributed by atoms with Gasteiger partial charge in [-0.3, -0.25) is 9.59 Å². The zero-order chi connectivity index (χ0) is 49.6. The molecule has 1 saturated heterocycles. The lowest BCUT2D eigenvalue weighted by atomic mass is 9.66. The van der Waals surface area contributed by atoms with E-state index in [-0.39, 0.29) is 63.0 Å². The van der Waals surface area contributed by atoms with Crippen LogP contribution in [0, 0.1) is 11.3 Å². The maximum atomic E-state index is 13.6. The van der Waals surface area contributed by atoms with Gasteiger partial charge in [-0.15, -0.1) is 0 Å². The molecule has 2 N–H and O–H groups in total. The zero-order valence-electron chi connectivity index (χ0n) is 41.0. The molecule has 0 spiro atoms. The highest BCUT2D eigenvalue weighted by molar-refractivity contribution is 7.44. The minimum Gasteiger partial charge on any atom is -0.390 e. The number of ether oxygens (including phenoxy) is 1. The van der Waals surface area contributed by atoms with Gasteiger partial charge in [0.1, 0.15) is 17.3 Å². The summed E-state index contributed by atoms with van der Waals surface area (Å²) >= 11 is 0. The summed E-state index contributed by atoms with van der Waals surface area (Å²) in [5.74, 6) is -0.583. The third-order valence-corrected chi connectivity index (χ3v) is 14.6. The molecule has 6 aromatic carbocycles. The maximum Gasteiger partial charge on any atom is 0.495 e. The van der Waals surface area contributed by atoms with Gasteiger partial charge in [0.25, 0.3) is 14.4 Å². The third kappa shape index (κ3) is 11.9. The molecule has 0 aliphatic carbocycles. The van der Waals surface area contributed by atoms with Gasteiger partial charge < -0.3 is 33.7 Å². The van der Waals surface area contributed by atoms with Crippen LogP contribution < -0.4 is 16.1 Å². The van der Waals surface area contributed by atoms with Gasteiger partial charge in [0.2, 0.25) is 5.91 Å². The Kier molecular flexibility index (Phi) is 17.9. The lowest BCUT2D eigenvalue weighted by Gasteiger charge is -2.46. The third-order valence-electron chi connectivity index (χ3n) is 12.4. The SMILES string of the molecule is CC(C)N(C(C)C)P(OCCC#N)OC(CNC(=O)CCNC(=O)c1ccc(B2OC(c3ccccc3)(c3ccccc3)C(c3ccccc3)(c3ccccc3)O2)cc1)COC(C)(C)c1ccccc1. The van der Waals surface area contributed by atoms with E-state index in [1.54, 1.807) is 12.1 Å². The first-order chi connectivity index (χ1) is 33.9. The first-order valence-corrected chi connectivity index (χ1v) is 25.2. The zero-order valence-corrected chi connectivity index (χ0v) is 41.9. The minimum atomic E-state index is -1.61. The number of hydrogen-bond donors (Lipinski definition) is 2. The fourth-order valence-corrected chi connectivity index (χ4v) is 10.7. The van der Waals surface area contributed by atoms with Crippen molar-refractivity contribution in [1.29, 1.82) is 5.26 Å². The molecule has 6 aromatic rings. The summed E-state index contributed by atoms with van der Waals surface area (Å²) in [6.07, 6.45) is -0.327. The highest BCUT2D eigenvalue weighted by atomic mass is 31.2. The normalized spacial score (nSPS) is 15.1. The fourth-order valence-electron chi connectivity index (χ4n) is 9.03. The highest BCUT2D eigenvalue weighted by Crippen LogP contribution is 2.58. The van der Waals surface area contributed by atoms with Crippen molar-refractivity contribution in [1.82, 2.24) is 15.3 Å². The molecule has 11 nitrogen and oxygen atoms in total. The monoisotopic (exact) mass is 958 g/mol. The summed E-state index contributed by atoms with van der Waals surface area (Å²) in [6, 6.07) is 60.3. The fraction of sp³-hybridized carbons (Fsp3) is 0.316. The number of nitrogens with one attached hydrogen (secondary N) is 2. The van der Waals surface area contributed by atoms with Gasteiger partial charge in [0.15, 0.2) is 0 Å². The highest BCUT2D eigenvalue weighted by Gasteiger charge is 2.66. The molecule has 1 aliphatic heterocycles. The second-order valence-corrected chi connectivity index (χ2v) is 19.7. The molecule has 1 heterocycles. The average molecular weight is 959 g/mol. The van der Waals surface area contributed by atoms with Crippen LogP contribution >= 0.6 is 8.53 Å². The van der Waals surface area contributed by atoms with E-state index in [1.807, 2.05) is 129 Å². The second-order valence-electron chi connectivity index (χ2n) is 18.3. The number of amides is 2. The molecule has 0 saturated carbocycles. The van der Waals surface area contributed by atoms with Crippen molar-refractivity contribution in [2.24, 2.45) is 0 Å². The van der Waals surface area contributed by atoms with Gasteiger partial charge in [0.05, 0.1) is 31.3 Å². The van der Waals surface area contributed by atoms with Gasteiger partial charge in [-0.25, -0.2) is 4.67 Å². The van der Waals surface area contributed by atoms with Crippen LogP contribution in [0.4, 0.5) is 0 Å². The molecule has 70 heavy (non-hydrogen) atoms. The molecule has 362 valence electrons. The molecule has 0 radical (unpaired) electrons. The summed E-state index contributed by atoms with van der Waals surface area (Å²) in [4.78, 5) is 27.0. The largest absolute Gasteiger partial charge is 0.495 e. The van der Waals surface area contributed by atoms with Crippen LogP contribution in [0.15, 0.2) is 176 Å². The van der Waals surface area contributed by atoms with E-state index >= 15 is 0 Å². The van der Waals surface area contributed by atoms with Crippen LogP contribution in [-0.4, -0.2) is 68.1 Å². The molecule has 1 fully saturated rings. The van der Waals surface area contributed by atoms with E-state index in [0.717, 1.165) is 33.3 Å². The van der Waals surface area contributed by atoms with Crippen LogP contribution in [-0.2, 0) is 44.7 Å².